The number of ether oxygens (including phenoxy) is 1. The molecule has 0 spiro atoms. The van der Waals surface area contributed by atoms with Gasteiger partial charge in [0, 0.05) is 60.6 Å². The maximum absolute atomic E-state index is 13.0. The molecule has 31 heavy (non-hydrogen) atoms. The number of halogens is 1. The number of amides is 3. The highest BCUT2D eigenvalue weighted by Crippen LogP contribution is 2.24. The predicted octanol–water partition coefficient (Wildman–Crippen LogP) is 3.84. The van der Waals surface area contributed by atoms with Gasteiger partial charge < -0.3 is 20.3 Å². The first-order valence-corrected chi connectivity index (χ1v) is 10.7. The molecule has 8 heteroatoms. The monoisotopic (exact) mass is 444 g/mol. The van der Waals surface area contributed by atoms with Crippen LogP contribution in [0.4, 0.5) is 10.5 Å². The van der Waals surface area contributed by atoms with Crippen molar-refractivity contribution < 1.29 is 14.3 Å². The molecule has 0 unspecified atom stereocenters. The first kappa shape index (κ1) is 22.9. The van der Waals surface area contributed by atoms with Crippen molar-refractivity contribution in [2.45, 2.75) is 26.4 Å². The van der Waals surface area contributed by atoms with E-state index in [-0.39, 0.29) is 18.0 Å². The number of carbonyl (C=O) groups is 2. The Morgan fingerprint density at radius 1 is 1.10 bits per heavy atom. The highest BCUT2D eigenvalue weighted by atomic mass is 35.5. The summed E-state index contributed by atoms with van der Waals surface area (Å²) in [5.74, 6) is 0.779. The van der Waals surface area contributed by atoms with Crippen LogP contribution in [0, 0.1) is 0 Å². The van der Waals surface area contributed by atoms with Crippen LogP contribution in [0.25, 0.3) is 0 Å². The number of methoxy groups -OCH3 is 1. The summed E-state index contributed by atoms with van der Waals surface area (Å²) in [7, 11) is 1.65. The molecule has 1 aliphatic heterocycles. The van der Waals surface area contributed by atoms with Gasteiger partial charge in [0.2, 0.25) is 0 Å². The molecule has 0 radical (unpaired) electrons. The lowest BCUT2D eigenvalue weighted by Crippen LogP contribution is -2.48. The zero-order chi connectivity index (χ0) is 22.4. The fraction of sp³-hybridized carbons (Fsp3) is 0.391. The average Bonchev–Trinajstić information content (AvgIpc) is 2.73. The van der Waals surface area contributed by atoms with E-state index in [1.54, 1.807) is 31.4 Å². The Hall–Kier alpha value is -2.77. The molecule has 2 aromatic rings. The number of hydrogen-bond acceptors (Lipinski definition) is 4. The number of nitrogens with one attached hydrogen (secondary N) is 2. The van der Waals surface area contributed by atoms with Crippen molar-refractivity contribution in [3.63, 3.8) is 0 Å². The molecular weight excluding hydrogens is 416 g/mol. The number of nitrogens with zero attached hydrogens (tertiary/aromatic N) is 2. The summed E-state index contributed by atoms with van der Waals surface area (Å²) in [4.78, 5) is 29.0. The van der Waals surface area contributed by atoms with Gasteiger partial charge in [-0.15, -0.1) is 0 Å². The van der Waals surface area contributed by atoms with Crippen molar-refractivity contribution in [1.82, 2.24) is 15.1 Å². The smallest absolute Gasteiger partial charge is 0.319 e. The van der Waals surface area contributed by atoms with Crippen LogP contribution in [0.2, 0.25) is 5.02 Å². The van der Waals surface area contributed by atoms with Crippen LogP contribution in [-0.2, 0) is 6.54 Å². The van der Waals surface area contributed by atoms with Gasteiger partial charge in [0.15, 0.2) is 0 Å². The van der Waals surface area contributed by atoms with Crippen molar-refractivity contribution in [2.75, 3.05) is 38.6 Å². The zero-order valence-corrected chi connectivity index (χ0v) is 18.9. The Labute approximate surface area is 188 Å². The molecule has 0 aliphatic carbocycles. The summed E-state index contributed by atoms with van der Waals surface area (Å²) < 4.78 is 5.43. The lowest BCUT2D eigenvalue weighted by atomic mass is 10.1. The molecule has 0 aromatic heterocycles. The van der Waals surface area contributed by atoms with Crippen LogP contribution in [0.3, 0.4) is 0 Å². The Bertz CT molecular complexity index is 927. The third-order valence-electron chi connectivity index (χ3n) is 5.08. The number of hydrogen-bond donors (Lipinski definition) is 2. The Kier molecular flexibility index (Phi) is 7.76. The van der Waals surface area contributed by atoms with E-state index in [9.17, 15) is 9.59 Å². The van der Waals surface area contributed by atoms with E-state index in [4.69, 9.17) is 16.3 Å². The van der Waals surface area contributed by atoms with Gasteiger partial charge in [-0.05, 0) is 50.2 Å². The Morgan fingerprint density at radius 3 is 2.52 bits per heavy atom. The second-order valence-corrected chi connectivity index (χ2v) is 8.29. The summed E-state index contributed by atoms with van der Waals surface area (Å²) in [5.41, 5.74) is 2.19. The van der Waals surface area contributed by atoms with Crippen molar-refractivity contribution in [3.05, 3.63) is 58.6 Å². The summed E-state index contributed by atoms with van der Waals surface area (Å²) >= 11 is 6.14. The van der Waals surface area contributed by atoms with Gasteiger partial charge in [0.05, 0.1) is 7.11 Å². The highest BCUT2D eigenvalue weighted by molar-refractivity contribution is 6.30. The molecule has 2 aromatic carbocycles. The van der Waals surface area contributed by atoms with Crippen molar-refractivity contribution >= 4 is 29.2 Å². The minimum atomic E-state index is -0.287. The van der Waals surface area contributed by atoms with Crippen molar-refractivity contribution in [1.29, 1.82) is 0 Å². The number of rotatable bonds is 6. The maximum atomic E-state index is 13.0. The molecule has 3 rings (SSSR count). The van der Waals surface area contributed by atoms with Crippen LogP contribution in [0.5, 0.6) is 5.75 Å². The number of piperazine rings is 1. The summed E-state index contributed by atoms with van der Waals surface area (Å²) in [5, 5.41) is 6.22. The Balaban J connectivity index is 1.57. The topological polar surface area (TPSA) is 73.9 Å². The van der Waals surface area contributed by atoms with Gasteiger partial charge >= 0.3 is 6.03 Å². The van der Waals surface area contributed by atoms with E-state index in [0.717, 1.165) is 30.9 Å². The van der Waals surface area contributed by atoms with Gasteiger partial charge in [-0.25, -0.2) is 4.79 Å². The first-order chi connectivity index (χ1) is 14.9. The zero-order valence-electron chi connectivity index (χ0n) is 18.2. The van der Waals surface area contributed by atoms with Gasteiger partial charge in [-0.2, -0.15) is 0 Å². The summed E-state index contributed by atoms with van der Waals surface area (Å²) in [6.45, 7) is 7.28. The summed E-state index contributed by atoms with van der Waals surface area (Å²) in [6, 6.07) is 12.4. The van der Waals surface area contributed by atoms with E-state index >= 15 is 0 Å². The number of carbonyl (C=O) groups excluding carboxylic acids is 2. The van der Waals surface area contributed by atoms with Crippen molar-refractivity contribution in [3.8, 4) is 5.75 Å². The van der Waals surface area contributed by atoms with E-state index in [0.29, 0.717) is 29.4 Å². The molecule has 7 nitrogen and oxygen atoms in total. The molecule has 0 saturated carbocycles. The molecule has 1 saturated heterocycles. The largest absolute Gasteiger partial charge is 0.496 e. The second-order valence-electron chi connectivity index (χ2n) is 7.86. The molecular formula is C23H29ClN4O3. The minimum absolute atomic E-state index is 0.0343. The Morgan fingerprint density at radius 2 is 1.84 bits per heavy atom. The third-order valence-corrected chi connectivity index (χ3v) is 5.32. The molecule has 0 bridgehead atoms. The fourth-order valence-corrected chi connectivity index (χ4v) is 3.76. The fourth-order valence-electron chi connectivity index (χ4n) is 3.56. The van der Waals surface area contributed by atoms with Crippen LogP contribution < -0.4 is 15.4 Å². The SMILES string of the molecule is COc1ccc(Cl)cc1CN1CCN(C(=O)c2cccc(NC(=O)NC(C)C)c2)CC1. The average molecular weight is 445 g/mol. The maximum Gasteiger partial charge on any atom is 0.319 e. The molecule has 2 N–H and O–H groups in total. The predicted molar refractivity (Wildman–Crippen MR) is 123 cm³/mol. The normalized spacial score (nSPS) is 14.4. The number of urea groups is 1. The number of benzene rings is 2. The van der Waals surface area contributed by atoms with Crippen LogP contribution in [0.1, 0.15) is 29.8 Å². The van der Waals surface area contributed by atoms with Crippen LogP contribution in [0.15, 0.2) is 42.5 Å². The van der Waals surface area contributed by atoms with Gasteiger partial charge in [0.1, 0.15) is 5.75 Å². The van der Waals surface area contributed by atoms with E-state index < -0.39 is 0 Å². The molecule has 166 valence electrons. The minimum Gasteiger partial charge on any atom is -0.496 e. The van der Waals surface area contributed by atoms with Crippen molar-refractivity contribution in [2.24, 2.45) is 0 Å². The third kappa shape index (κ3) is 6.35. The lowest BCUT2D eigenvalue weighted by Gasteiger charge is -2.35. The van der Waals surface area contributed by atoms with Gasteiger partial charge in [-0.1, -0.05) is 17.7 Å². The molecule has 1 fully saturated rings. The van der Waals surface area contributed by atoms with E-state index in [1.807, 2.05) is 36.9 Å². The first-order valence-electron chi connectivity index (χ1n) is 10.4. The van der Waals surface area contributed by atoms with Gasteiger partial charge in [-0.3, -0.25) is 9.69 Å². The van der Waals surface area contributed by atoms with Crippen LogP contribution >= 0.6 is 11.6 Å². The lowest BCUT2D eigenvalue weighted by molar-refractivity contribution is 0.0627. The molecule has 1 aliphatic rings. The molecule has 3 amide bonds. The number of anilines is 1. The van der Waals surface area contributed by atoms with Gasteiger partial charge in [0.25, 0.3) is 5.91 Å². The second kappa shape index (κ2) is 10.5. The molecule has 1 heterocycles. The quantitative estimate of drug-likeness (QED) is 0.710. The standard InChI is InChI=1S/C23H29ClN4O3/c1-16(2)25-23(30)26-20-6-4-5-17(14-20)22(29)28-11-9-27(10-12-28)15-18-13-19(24)7-8-21(18)31-3/h4-8,13-14,16H,9-12,15H2,1-3H3,(H2,25,26,30). The highest BCUT2D eigenvalue weighted by Gasteiger charge is 2.23. The van der Waals surface area contributed by atoms with E-state index in [2.05, 4.69) is 15.5 Å². The van der Waals surface area contributed by atoms with Crippen LogP contribution in [-0.4, -0.2) is 61.1 Å². The van der Waals surface area contributed by atoms with E-state index in [1.165, 1.54) is 0 Å². The molecule has 0 atom stereocenters. The summed E-state index contributed by atoms with van der Waals surface area (Å²) in [6.07, 6.45) is 0.